The molecule has 2 amide bonds. The van der Waals surface area contributed by atoms with Gasteiger partial charge in [-0.15, -0.1) is 0 Å². The van der Waals surface area contributed by atoms with Gasteiger partial charge in [-0.25, -0.2) is 8.42 Å². The molecule has 0 aliphatic rings. The van der Waals surface area contributed by atoms with Crippen LogP contribution in [0.2, 0.25) is 5.02 Å². The molecule has 0 radical (unpaired) electrons. The van der Waals surface area contributed by atoms with Gasteiger partial charge in [0.2, 0.25) is 11.8 Å². The molecule has 0 bridgehead atoms. The molecule has 0 saturated carbocycles. The van der Waals surface area contributed by atoms with Crippen molar-refractivity contribution in [2.24, 2.45) is 5.92 Å². The fourth-order valence-corrected chi connectivity index (χ4v) is 6.02. The van der Waals surface area contributed by atoms with Crippen molar-refractivity contribution in [2.45, 2.75) is 58.5 Å². The summed E-state index contributed by atoms with van der Waals surface area (Å²) in [5.74, 6) is -0.527. The quantitative estimate of drug-likeness (QED) is 0.295. The Balaban J connectivity index is 2.06. The third kappa shape index (κ3) is 8.08. The van der Waals surface area contributed by atoms with E-state index in [1.54, 1.807) is 54.6 Å². The van der Waals surface area contributed by atoms with Crippen molar-refractivity contribution in [3.63, 3.8) is 0 Å². The van der Waals surface area contributed by atoms with E-state index < -0.39 is 28.5 Å². The Labute approximate surface area is 243 Å². The number of sulfonamides is 1. The average Bonchev–Trinajstić information content (AvgIpc) is 2.91. The van der Waals surface area contributed by atoms with Gasteiger partial charge in [0.15, 0.2) is 0 Å². The SMILES string of the molecule is CC[C@@H](C(=O)NCC(C)C)N(Cc1ccc(Cl)cc1)C(=O)CN(c1cc(C)cc(C)c1)S(=O)(=O)c1ccccc1. The van der Waals surface area contributed by atoms with Crippen LogP contribution < -0.4 is 9.62 Å². The number of hydrogen-bond donors (Lipinski definition) is 1. The number of rotatable bonds is 12. The van der Waals surface area contributed by atoms with Gasteiger partial charge in [-0.3, -0.25) is 13.9 Å². The van der Waals surface area contributed by atoms with Gasteiger partial charge in [0, 0.05) is 18.1 Å². The molecule has 3 rings (SSSR count). The summed E-state index contributed by atoms with van der Waals surface area (Å²) in [6, 6.07) is 19.7. The number of aryl methyl sites for hydroxylation is 2. The summed E-state index contributed by atoms with van der Waals surface area (Å²) >= 11 is 6.07. The van der Waals surface area contributed by atoms with Gasteiger partial charge in [-0.2, -0.15) is 0 Å². The van der Waals surface area contributed by atoms with Gasteiger partial charge in [-0.05, 0) is 79.3 Å². The van der Waals surface area contributed by atoms with E-state index in [0.29, 0.717) is 23.7 Å². The lowest BCUT2D eigenvalue weighted by atomic mass is 10.1. The molecule has 0 heterocycles. The zero-order valence-corrected chi connectivity index (χ0v) is 25.3. The highest BCUT2D eigenvalue weighted by molar-refractivity contribution is 7.92. The van der Waals surface area contributed by atoms with Crippen LogP contribution >= 0.6 is 11.6 Å². The lowest BCUT2D eigenvalue weighted by molar-refractivity contribution is -0.140. The van der Waals surface area contributed by atoms with Gasteiger partial charge in [0.05, 0.1) is 10.6 Å². The maximum atomic E-state index is 14.1. The zero-order valence-electron chi connectivity index (χ0n) is 23.7. The Hall–Kier alpha value is -3.36. The van der Waals surface area contributed by atoms with Crippen molar-refractivity contribution >= 4 is 39.1 Å². The lowest BCUT2D eigenvalue weighted by Crippen LogP contribution is -2.52. The third-order valence-corrected chi connectivity index (χ3v) is 8.48. The Bertz CT molecular complexity index is 1390. The van der Waals surface area contributed by atoms with Crippen LogP contribution in [0.5, 0.6) is 0 Å². The second-order valence-corrected chi connectivity index (χ2v) is 12.7. The molecule has 0 saturated heterocycles. The summed E-state index contributed by atoms with van der Waals surface area (Å²) in [6.07, 6.45) is 0.359. The fourth-order valence-electron chi connectivity index (χ4n) is 4.47. The molecule has 1 atom stereocenters. The number of carbonyl (C=O) groups is 2. The number of benzene rings is 3. The first kappa shape index (κ1) is 31.2. The summed E-state index contributed by atoms with van der Waals surface area (Å²) in [5.41, 5.74) is 2.90. The van der Waals surface area contributed by atoms with E-state index in [9.17, 15) is 18.0 Å². The van der Waals surface area contributed by atoms with E-state index in [2.05, 4.69) is 5.32 Å². The molecule has 9 heteroatoms. The number of amides is 2. The van der Waals surface area contributed by atoms with Crippen LogP contribution in [0, 0.1) is 19.8 Å². The van der Waals surface area contributed by atoms with E-state index in [1.165, 1.54) is 17.0 Å². The van der Waals surface area contributed by atoms with Crippen LogP contribution in [-0.2, 0) is 26.2 Å². The molecule has 1 N–H and O–H groups in total. The van der Waals surface area contributed by atoms with Crippen molar-refractivity contribution in [2.75, 3.05) is 17.4 Å². The van der Waals surface area contributed by atoms with Gasteiger partial charge in [-0.1, -0.05) is 68.8 Å². The van der Waals surface area contributed by atoms with Crippen LogP contribution in [-0.4, -0.2) is 44.3 Å². The maximum absolute atomic E-state index is 14.1. The third-order valence-electron chi connectivity index (χ3n) is 6.44. The number of anilines is 1. The summed E-state index contributed by atoms with van der Waals surface area (Å²) in [6.45, 7) is 9.70. The van der Waals surface area contributed by atoms with Crippen molar-refractivity contribution in [3.05, 3.63) is 94.5 Å². The standard InChI is InChI=1S/C31H38ClN3O4S/c1-6-29(31(37)33-19-22(2)3)34(20-25-12-14-26(32)15-13-25)30(36)21-35(27-17-23(4)16-24(5)18-27)40(38,39)28-10-8-7-9-11-28/h7-18,22,29H,6,19-21H2,1-5H3,(H,33,37)/t29-/m0/s1. The molecule has 0 aromatic heterocycles. The van der Waals surface area contributed by atoms with Crippen molar-refractivity contribution in [3.8, 4) is 0 Å². The van der Waals surface area contributed by atoms with Crippen LogP contribution in [0.4, 0.5) is 5.69 Å². The molecule has 0 aliphatic heterocycles. The normalized spacial score (nSPS) is 12.2. The Morgan fingerprint density at radius 1 is 0.925 bits per heavy atom. The minimum Gasteiger partial charge on any atom is -0.354 e. The molecule has 7 nitrogen and oxygen atoms in total. The Morgan fingerprint density at radius 3 is 2.08 bits per heavy atom. The summed E-state index contributed by atoms with van der Waals surface area (Å²) < 4.78 is 29.0. The zero-order chi connectivity index (χ0) is 29.4. The summed E-state index contributed by atoms with van der Waals surface area (Å²) in [5, 5.41) is 3.49. The van der Waals surface area contributed by atoms with Crippen molar-refractivity contribution < 1.29 is 18.0 Å². The van der Waals surface area contributed by atoms with E-state index >= 15 is 0 Å². The van der Waals surface area contributed by atoms with Crippen LogP contribution in [0.1, 0.15) is 43.9 Å². The largest absolute Gasteiger partial charge is 0.354 e. The van der Waals surface area contributed by atoms with Crippen LogP contribution in [0.3, 0.4) is 0 Å². The average molecular weight is 584 g/mol. The summed E-state index contributed by atoms with van der Waals surface area (Å²) in [4.78, 5) is 28.9. The maximum Gasteiger partial charge on any atom is 0.264 e. The first-order chi connectivity index (χ1) is 18.9. The lowest BCUT2D eigenvalue weighted by Gasteiger charge is -2.33. The summed E-state index contributed by atoms with van der Waals surface area (Å²) in [7, 11) is -4.10. The van der Waals surface area contributed by atoms with E-state index in [1.807, 2.05) is 40.7 Å². The first-order valence-corrected chi connectivity index (χ1v) is 15.2. The van der Waals surface area contributed by atoms with E-state index in [0.717, 1.165) is 21.0 Å². The molecular formula is C31H38ClN3O4S. The number of nitrogens with one attached hydrogen (secondary N) is 1. The topological polar surface area (TPSA) is 86.8 Å². The molecule has 0 aliphatic carbocycles. The second kappa shape index (κ2) is 13.8. The van der Waals surface area contributed by atoms with Gasteiger partial charge in [0.25, 0.3) is 10.0 Å². The van der Waals surface area contributed by atoms with Crippen molar-refractivity contribution in [1.29, 1.82) is 0 Å². The second-order valence-electron chi connectivity index (χ2n) is 10.4. The number of halogens is 1. The highest BCUT2D eigenvalue weighted by atomic mass is 35.5. The van der Waals surface area contributed by atoms with Crippen LogP contribution in [0.15, 0.2) is 77.7 Å². The minimum atomic E-state index is -4.10. The number of carbonyl (C=O) groups excluding carboxylic acids is 2. The molecule has 3 aromatic rings. The smallest absolute Gasteiger partial charge is 0.264 e. The van der Waals surface area contributed by atoms with Gasteiger partial charge < -0.3 is 10.2 Å². The van der Waals surface area contributed by atoms with Crippen LogP contribution in [0.25, 0.3) is 0 Å². The Morgan fingerprint density at radius 2 is 1.52 bits per heavy atom. The molecular weight excluding hydrogens is 546 g/mol. The van der Waals surface area contributed by atoms with Gasteiger partial charge >= 0.3 is 0 Å². The highest BCUT2D eigenvalue weighted by Crippen LogP contribution is 2.27. The predicted octanol–water partition coefficient (Wildman–Crippen LogP) is 5.73. The monoisotopic (exact) mass is 583 g/mol. The fraction of sp³-hybridized carbons (Fsp3) is 0.355. The molecule has 0 spiro atoms. The Kier molecular flexibility index (Phi) is 10.8. The number of nitrogens with zero attached hydrogens (tertiary/aromatic N) is 2. The van der Waals surface area contributed by atoms with E-state index in [-0.39, 0.29) is 23.3 Å². The molecule has 214 valence electrons. The number of hydrogen-bond acceptors (Lipinski definition) is 4. The molecule has 0 unspecified atom stereocenters. The van der Waals surface area contributed by atoms with E-state index in [4.69, 9.17) is 11.6 Å². The molecule has 40 heavy (non-hydrogen) atoms. The predicted molar refractivity (Wildman–Crippen MR) is 161 cm³/mol. The molecule has 3 aromatic carbocycles. The van der Waals surface area contributed by atoms with Crippen molar-refractivity contribution in [1.82, 2.24) is 10.2 Å². The highest BCUT2D eigenvalue weighted by Gasteiger charge is 2.33. The van der Waals surface area contributed by atoms with Gasteiger partial charge in [0.1, 0.15) is 12.6 Å². The molecule has 0 fully saturated rings. The first-order valence-electron chi connectivity index (χ1n) is 13.4. The minimum absolute atomic E-state index is 0.0768.